The van der Waals surface area contributed by atoms with Gasteiger partial charge in [-0.3, -0.25) is 9.69 Å². The van der Waals surface area contributed by atoms with Gasteiger partial charge in [0.15, 0.2) is 5.78 Å². The summed E-state index contributed by atoms with van der Waals surface area (Å²) in [5, 5.41) is 8.95. The average molecular weight is 500 g/mol. The number of hydrogen-bond donors (Lipinski definition) is 0. The highest BCUT2D eigenvalue weighted by atomic mass is 19.1. The maximum Gasteiger partial charge on any atom is 0.165 e. The van der Waals surface area contributed by atoms with Crippen LogP contribution in [0.15, 0.2) is 60.7 Å². The summed E-state index contributed by atoms with van der Waals surface area (Å²) < 4.78 is 20.5. The summed E-state index contributed by atoms with van der Waals surface area (Å²) in [5.74, 6) is 0.534. The first kappa shape index (κ1) is 26.4. The van der Waals surface area contributed by atoms with Gasteiger partial charge in [0.1, 0.15) is 18.2 Å². The monoisotopic (exact) mass is 499 g/mol. The Kier molecular flexibility index (Phi) is 8.58. The van der Waals surface area contributed by atoms with Gasteiger partial charge in [0, 0.05) is 49.8 Å². The number of ketones is 1. The summed E-state index contributed by atoms with van der Waals surface area (Å²) in [4.78, 5) is 17.0. The molecule has 1 saturated heterocycles. The zero-order valence-corrected chi connectivity index (χ0v) is 21.8. The summed E-state index contributed by atoms with van der Waals surface area (Å²) in [5.41, 5.74) is 4.93. The van der Waals surface area contributed by atoms with Crippen LogP contribution in [0.2, 0.25) is 0 Å². The van der Waals surface area contributed by atoms with Gasteiger partial charge in [-0.15, -0.1) is 0 Å². The molecule has 192 valence electrons. The van der Waals surface area contributed by atoms with Crippen LogP contribution < -0.4 is 9.64 Å². The molecule has 4 rings (SSSR count). The third-order valence-electron chi connectivity index (χ3n) is 6.89. The van der Waals surface area contributed by atoms with Gasteiger partial charge >= 0.3 is 0 Å². The van der Waals surface area contributed by atoms with E-state index in [4.69, 9.17) is 10.00 Å². The molecule has 37 heavy (non-hydrogen) atoms. The van der Waals surface area contributed by atoms with E-state index in [1.54, 1.807) is 12.1 Å². The largest absolute Gasteiger partial charge is 0.489 e. The molecule has 0 bridgehead atoms. The molecule has 1 fully saturated rings. The fourth-order valence-electron chi connectivity index (χ4n) is 4.75. The van der Waals surface area contributed by atoms with E-state index in [1.807, 2.05) is 43.0 Å². The lowest BCUT2D eigenvalue weighted by Gasteiger charge is -2.36. The maximum atomic E-state index is 14.4. The predicted molar refractivity (Wildman–Crippen MR) is 144 cm³/mol. The number of carbonyl (C=O) groups is 1. The van der Waals surface area contributed by atoms with Crippen molar-refractivity contribution in [1.29, 1.82) is 5.26 Å². The van der Waals surface area contributed by atoms with E-state index < -0.39 is 0 Å². The molecule has 0 N–H and O–H groups in total. The summed E-state index contributed by atoms with van der Waals surface area (Å²) >= 11 is 0. The standard InChI is InChI=1S/C31H34FN3O2/c1-4-26-27(31(36)22(2)3)6-5-7-30(26)37-21-24-10-8-23(9-11-24)20-34-14-16-35(17-15-34)29-13-12-25(19-33)18-28(29)32/h5-13,18,22H,4,14-17,20-21H2,1-3H3. The highest BCUT2D eigenvalue weighted by Gasteiger charge is 2.20. The van der Waals surface area contributed by atoms with Crippen LogP contribution in [0.1, 0.15) is 53.4 Å². The van der Waals surface area contributed by atoms with E-state index in [2.05, 4.69) is 36.1 Å². The Balaban J connectivity index is 1.31. The summed E-state index contributed by atoms with van der Waals surface area (Å²) in [6, 6.07) is 20.8. The van der Waals surface area contributed by atoms with Crippen LogP contribution in [-0.4, -0.2) is 36.9 Å². The van der Waals surface area contributed by atoms with Crippen LogP contribution in [-0.2, 0) is 19.6 Å². The number of piperazine rings is 1. The first-order valence-electron chi connectivity index (χ1n) is 12.9. The molecule has 0 aromatic heterocycles. The Hall–Kier alpha value is -3.69. The minimum absolute atomic E-state index is 0.0480. The summed E-state index contributed by atoms with van der Waals surface area (Å²) in [6.45, 7) is 10.4. The number of rotatable bonds is 9. The van der Waals surface area contributed by atoms with Crippen LogP contribution in [0.4, 0.5) is 10.1 Å². The van der Waals surface area contributed by atoms with Crippen LogP contribution in [0.3, 0.4) is 0 Å². The third kappa shape index (κ3) is 6.36. The number of benzene rings is 3. The van der Waals surface area contributed by atoms with Crippen molar-refractivity contribution in [3.05, 3.63) is 94.3 Å². The Morgan fingerprint density at radius 2 is 1.73 bits per heavy atom. The van der Waals surface area contributed by atoms with Gasteiger partial charge in [0.2, 0.25) is 0 Å². The second-order valence-corrected chi connectivity index (χ2v) is 9.80. The number of Topliss-reactive ketones (excluding diaryl/α,β-unsaturated/α-hetero) is 1. The topological polar surface area (TPSA) is 56.6 Å². The number of halogens is 1. The van der Waals surface area contributed by atoms with E-state index in [1.165, 1.54) is 11.6 Å². The Morgan fingerprint density at radius 1 is 1.03 bits per heavy atom. The van der Waals surface area contributed by atoms with Crippen LogP contribution in [0, 0.1) is 23.1 Å². The average Bonchev–Trinajstić information content (AvgIpc) is 2.92. The summed E-state index contributed by atoms with van der Waals surface area (Å²) in [7, 11) is 0. The molecule has 1 aliphatic rings. The molecule has 0 amide bonds. The molecular formula is C31H34FN3O2. The molecule has 1 heterocycles. The molecule has 3 aromatic carbocycles. The van der Waals surface area contributed by atoms with Crippen molar-refractivity contribution < 1.29 is 13.9 Å². The van der Waals surface area contributed by atoms with Crippen molar-refractivity contribution >= 4 is 11.5 Å². The van der Waals surface area contributed by atoms with Crippen molar-refractivity contribution in [1.82, 2.24) is 4.90 Å². The van der Waals surface area contributed by atoms with E-state index in [0.29, 0.717) is 17.9 Å². The van der Waals surface area contributed by atoms with Crippen LogP contribution in [0.25, 0.3) is 0 Å². The smallest absolute Gasteiger partial charge is 0.165 e. The van der Waals surface area contributed by atoms with E-state index in [0.717, 1.165) is 61.6 Å². The molecule has 1 aliphatic heterocycles. The molecular weight excluding hydrogens is 465 g/mol. The molecule has 5 nitrogen and oxygen atoms in total. The van der Waals surface area contributed by atoms with E-state index in [-0.39, 0.29) is 17.5 Å². The molecule has 0 saturated carbocycles. The first-order chi connectivity index (χ1) is 17.9. The second kappa shape index (κ2) is 12.0. The minimum Gasteiger partial charge on any atom is -0.489 e. The maximum absolute atomic E-state index is 14.4. The van der Waals surface area contributed by atoms with Gasteiger partial charge in [-0.2, -0.15) is 5.26 Å². The molecule has 0 radical (unpaired) electrons. The Bertz CT molecular complexity index is 1270. The number of carbonyl (C=O) groups excluding carboxylic acids is 1. The fourth-order valence-corrected chi connectivity index (χ4v) is 4.75. The fraction of sp³-hybridized carbons (Fsp3) is 0.355. The van der Waals surface area contributed by atoms with Crippen molar-refractivity contribution in [3.8, 4) is 11.8 Å². The minimum atomic E-state index is -0.338. The molecule has 3 aromatic rings. The third-order valence-corrected chi connectivity index (χ3v) is 6.89. The number of nitriles is 1. The predicted octanol–water partition coefficient (Wildman–Crippen LogP) is 6.00. The lowest BCUT2D eigenvalue weighted by atomic mass is 9.94. The van der Waals surface area contributed by atoms with Gasteiger partial charge in [0.05, 0.1) is 17.3 Å². The molecule has 0 aliphatic carbocycles. The Morgan fingerprint density at radius 3 is 2.35 bits per heavy atom. The van der Waals surface area contributed by atoms with Gasteiger partial charge in [-0.25, -0.2) is 4.39 Å². The normalized spacial score (nSPS) is 14.0. The highest BCUT2D eigenvalue weighted by molar-refractivity contribution is 5.99. The van der Waals surface area contributed by atoms with Crippen molar-refractivity contribution in [2.45, 2.75) is 40.3 Å². The molecule has 6 heteroatoms. The molecule has 0 unspecified atom stereocenters. The highest BCUT2D eigenvalue weighted by Crippen LogP contribution is 2.27. The lowest BCUT2D eigenvalue weighted by molar-refractivity contribution is 0.0938. The van der Waals surface area contributed by atoms with Crippen molar-refractivity contribution in [2.24, 2.45) is 5.92 Å². The number of anilines is 1. The van der Waals surface area contributed by atoms with Crippen LogP contribution in [0.5, 0.6) is 5.75 Å². The quantitative estimate of drug-likeness (QED) is 0.338. The SMILES string of the molecule is CCc1c(OCc2ccc(CN3CCN(c4ccc(C#N)cc4F)CC3)cc2)cccc1C(=O)C(C)C. The zero-order chi connectivity index (χ0) is 26.4. The summed E-state index contributed by atoms with van der Waals surface area (Å²) in [6.07, 6.45) is 0.744. The van der Waals surface area contributed by atoms with E-state index in [9.17, 15) is 9.18 Å². The molecule has 0 atom stereocenters. The zero-order valence-electron chi connectivity index (χ0n) is 21.8. The van der Waals surface area contributed by atoms with Gasteiger partial charge in [0.25, 0.3) is 0 Å². The van der Waals surface area contributed by atoms with Gasteiger partial charge in [-0.05, 0) is 41.8 Å². The second-order valence-electron chi connectivity index (χ2n) is 9.80. The van der Waals surface area contributed by atoms with Gasteiger partial charge < -0.3 is 9.64 Å². The van der Waals surface area contributed by atoms with Crippen LogP contribution >= 0.6 is 0 Å². The van der Waals surface area contributed by atoms with Crippen molar-refractivity contribution in [2.75, 3.05) is 31.1 Å². The molecule has 0 spiro atoms. The number of ether oxygens (including phenoxy) is 1. The van der Waals surface area contributed by atoms with E-state index >= 15 is 0 Å². The number of nitrogens with zero attached hydrogens (tertiary/aromatic N) is 3. The first-order valence-corrected chi connectivity index (χ1v) is 12.9. The number of hydrogen-bond acceptors (Lipinski definition) is 5. The van der Waals surface area contributed by atoms with Crippen molar-refractivity contribution in [3.63, 3.8) is 0 Å². The Labute approximate surface area is 219 Å². The lowest BCUT2D eigenvalue weighted by Crippen LogP contribution is -2.46. The van der Waals surface area contributed by atoms with Gasteiger partial charge in [-0.1, -0.05) is 57.2 Å².